The number of nitrogens with one attached hydrogen (secondary N) is 1. The zero-order valence-electron chi connectivity index (χ0n) is 10.4. The Balaban J connectivity index is 3.16. The molecule has 1 aromatic rings. The lowest BCUT2D eigenvalue weighted by atomic mass is 10.2. The predicted octanol–water partition coefficient (Wildman–Crippen LogP) is 0.937. The Bertz CT molecular complexity index is 552. The molecule has 0 fully saturated rings. The molecule has 1 amide bonds. The summed E-state index contributed by atoms with van der Waals surface area (Å²) in [5, 5.41) is 7.66. The molecule has 1 rings (SSSR count). The van der Waals surface area contributed by atoms with E-state index in [2.05, 4.69) is 5.32 Å². The second-order valence-electron chi connectivity index (χ2n) is 4.05. The number of methoxy groups -OCH3 is 1. The number of anilines is 1. The summed E-state index contributed by atoms with van der Waals surface area (Å²) in [6.07, 6.45) is 0. The maximum absolute atomic E-state index is 11.5. The van der Waals surface area contributed by atoms with Gasteiger partial charge in [0.15, 0.2) is 0 Å². The highest BCUT2D eigenvalue weighted by Crippen LogP contribution is 2.26. The van der Waals surface area contributed by atoms with E-state index < -0.39 is 10.0 Å². The molecular weight excluding hydrogens is 256 g/mol. The number of amides is 1. The summed E-state index contributed by atoms with van der Waals surface area (Å²) in [4.78, 5) is 11.3. The summed E-state index contributed by atoms with van der Waals surface area (Å²) in [5.74, 6) is -0.273. The van der Waals surface area contributed by atoms with Gasteiger partial charge in [0.1, 0.15) is 10.6 Å². The van der Waals surface area contributed by atoms with Crippen molar-refractivity contribution in [2.45, 2.75) is 18.7 Å². The maximum Gasteiger partial charge on any atom is 0.241 e. The van der Waals surface area contributed by atoms with Crippen LogP contribution in [-0.2, 0) is 14.8 Å². The first-order chi connectivity index (χ1) is 8.25. The number of ether oxygens (including phenoxy) is 1. The molecule has 3 N–H and O–H groups in total. The van der Waals surface area contributed by atoms with Gasteiger partial charge in [0.25, 0.3) is 0 Å². The fraction of sp³-hybridized carbons (Fsp3) is 0.364. The van der Waals surface area contributed by atoms with Crippen molar-refractivity contribution in [3.8, 4) is 5.75 Å². The largest absolute Gasteiger partial charge is 0.495 e. The van der Waals surface area contributed by atoms with E-state index in [-0.39, 0.29) is 22.5 Å². The minimum absolute atomic E-state index is 0.139. The van der Waals surface area contributed by atoms with Gasteiger partial charge in [-0.05, 0) is 18.2 Å². The third-order valence-corrected chi connectivity index (χ3v) is 3.19. The van der Waals surface area contributed by atoms with Crippen molar-refractivity contribution in [2.75, 3.05) is 12.4 Å². The minimum Gasteiger partial charge on any atom is -0.495 e. The second kappa shape index (κ2) is 5.36. The van der Waals surface area contributed by atoms with E-state index in [4.69, 9.17) is 9.88 Å². The second-order valence-corrected chi connectivity index (χ2v) is 5.58. The van der Waals surface area contributed by atoms with Crippen molar-refractivity contribution >= 4 is 21.6 Å². The number of benzene rings is 1. The molecule has 0 saturated heterocycles. The van der Waals surface area contributed by atoms with Crippen molar-refractivity contribution in [2.24, 2.45) is 11.1 Å². The molecule has 0 aliphatic heterocycles. The molecule has 100 valence electrons. The average Bonchev–Trinajstić information content (AvgIpc) is 2.27. The van der Waals surface area contributed by atoms with Crippen LogP contribution in [0.15, 0.2) is 23.1 Å². The van der Waals surface area contributed by atoms with E-state index in [1.165, 1.54) is 19.2 Å². The van der Waals surface area contributed by atoms with Crippen molar-refractivity contribution in [3.63, 3.8) is 0 Å². The molecule has 0 saturated carbocycles. The SMILES string of the molecule is COc1ccc(NC(=O)C(C)C)cc1S(N)(=O)=O. The molecule has 0 bridgehead atoms. The summed E-state index contributed by atoms with van der Waals surface area (Å²) in [6, 6.07) is 4.26. The number of primary sulfonamides is 1. The first-order valence-electron chi connectivity index (χ1n) is 5.27. The Morgan fingerprint density at radius 2 is 2.00 bits per heavy atom. The molecule has 0 unspecified atom stereocenters. The van der Waals surface area contributed by atoms with E-state index in [0.717, 1.165) is 0 Å². The maximum atomic E-state index is 11.5. The fourth-order valence-corrected chi connectivity index (χ4v) is 1.99. The number of rotatable bonds is 4. The van der Waals surface area contributed by atoms with Crippen LogP contribution in [0, 0.1) is 5.92 Å². The lowest BCUT2D eigenvalue weighted by molar-refractivity contribution is -0.118. The molecule has 0 radical (unpaired) electrons. The quantitative estimate of drug-likeness (QED) is 0.852. The Labute approximate surface area is 106 Å². The highest BCUT2D eigenvalue weighted by Gasteiger charge is 2.16. The van der Waals surface area contributed by atoms with E-state index in [1.54, 1.807) is 19.9 Å². The van der Waals surface area contributed by atoms with Crippen LogP contribution in [-0.4, -0.2) is 21.4 Å². The van der Waals surface area contributed by atoms with E-state index in [1.807, 2.05) is 0 Å². The highest BCUT2D eigenvalue weighted by atomic mass is 32.2. The molecule has 1 aromatic carbocycles. The van der Waals surface area contributed by atoms with Crippen molar-refractivity contribution in [1.82, 2.24) is 0 Å². The van der Waals surface area contributed by atoms with Crippen LogP contribution >= 0.6 is 0 Å². The summed E-state index contributed by atoms with van der Waals surface area (Å²) in [5.41, 5.74) is 0.360. The number of hydrogen-bond acceptors (Lipinski definition) is 4. The molecule has 0 aliphatic rings. The number of carbonyl (C=O) groups excluding carboxylic acids is 1. The van der Waals surface area contributed by atoms with Gasteiger partial charge in [0.05, 0.1) is 7.11 Å². The van der Waals surface area contributed by atoms with Crippen LogP contribution in [0.1, 0.15) is 13.8 Å². The van der Waals surface area contributed by atoms with Crippen LogP contribution in [0.4, 0.5) is 5.69 Å². The summed E-state index contributed by atoms with van der Waals surface area (Å²) in [7, 11) is -2.56. The van der Waals surface area contributed by atoms with Gasteiger partial charge >= 0.3 is 0 Å². The summed E-state index contributed by atoms with van der Waals surface area (Å²) >= 11 is 0. The van der Waals surface area contributed by atoms with Crippen LogP contribution in [0.25, 0.3) is 0 Å². The van der Waals surface area contributed by atoms with Crippen LogP contribution in [0.5, 0.6) is 5.75 Å². The molecule has 0 atom stereocenters. The van der Waals surface area contributed by atoms with Gasteiger partial charge in [-0.1, -0.05) is 13.8 Å². The first kappa shape index (κ1) is 14.5. The number of hydrogen-bond donors (Lipinski definition) is 2. The molecular formula is C11H16N2O4S. The zero-order chi connectivity index (χ0) is 13.9. The number of carbonyl (C=O) groups is 1. The summed E-state index contributed by atoms with van der Waals surface area (Å²) < 4.78 is 27.6. The van der Waals surface area contributed by atoms with Crippen molar-refractivity contribution in [3.05, 3.63) is 18.2 Å². The Morgan fingerprint density at radius 3 is 2.44 bits per heavy atom. The average molecular weight is 272 g/mol. The van der Waals surface area contributed by atoms with Crippen LogP contribution in [0.2, 0.25) is 0 Å². The lowest BCUT2D eigenvalue weighted by Crippen LogP contribution is -2.19. The first-order valence-corrected chi connectivity index (χ1v) is 6.82. The normalized spacial score (nSPS) is 11.4. The van der Waals surface area contributed by atoms with Gasteiger partial charge in [-0.3, -0.25) is 4.79 Å². The lowest BCUT2D eigenvalue weighted by Gasteiger charge is -2.11. The van der Waals surface area contributed by atoms with Gasteiger partial charge in [0, 0.05) is 11.6 Å². The van der Waals surface area contributed by atoms with Crippen molar-refractivity contribution in [1.29, 1.82) is 0 Å². The summed E-state index contributed by atoms with van der Waals surface area (Å²) in [6.45, 7) is 3.47. The van der Waals surface area contributed by atoms with E-state index in [0.29, 0.717) is 5.69 Å². The molecule has 7 heteroatoms. The molecule has 0 aliphatic carbocycles. The Hall–Kier alpha value is -1.60. The monoisotopic (exact) mass is 272 g/mol. The van der Waals surface area contributed by atoms with Gasteiger partial charge in [-0.25, -0.2) is 13.6 Å². The fourth-order valence-electron chi connectivity index (χ4n) is 1.26. The van der Waals surface area contributed by atoms with Crippen LogP contribution < -0.4 is 15.2 Å². The molecule has 18 heavy (non-hydrogen) atoms. The van der Waals surface area contributed by atoms with E-state index in [9.17, 15) is 13.2 Å². The van der Waals surface area contributed by atoms with Crippen LogP contribution in [0.3, 0.4) is 0 Å². The zero-order valence-corrected chi connectivity index (χ0v) is 11.2. The third-order valence-electron chi connectivity index (χ3n) is 2.26. The standard InChI is InChI=1S/C11H16N2O4S/c1-7(2)11(14)13-8-4-5-9(17-3)10(6-8)18(12,15)16/h4-7H,1-3H3,(H,13,14)(H2,12,15,16). The molecule has 0 heterocycles. The van der Waals surface area contributed by atoms with Gasteiger partial charge in [0.2, 0.25) is 15.9 Å². The molecule has 6 nitrogen and oxygen atoms in total. The topological polar surface area (TPSA) is 98.5 Å². The molecule has 0 spiro atoms. The minimum atomic E-state index is -3.90. The third kappa shape index (κ3) is 3.44. The van der Waals surface area contributed by atoms with E-state index >= 15 is 0 Å². The Morgan fingerprint density at radius 1 is 1.39 bits per heavy atom. The van der Waals surface area contributed by atoms with Crippen molar-refractivity contribution < 1.29 is 17.9 Å². The molecule has 0 aromatic heterocycles. The smallest absolute Gasteiger partial charge is 0.241 e. The van der Waals surface area contributed by atoms with Gasteiger partial charge in [-0.2, -0.15) is 0 Å². The predicted molar refractivity (Wildman–Crippen MR) is 67.8 cm³/mol. The number of sulfonamides is 1. The van der Waals surface area contributed by atoms with Gasteiger partial charge < -0.3 is 10.1 Å². The number of nitrogens with two attached hydrogens (primary N) is 1. The Kier molecular flexibility index (Phi) is 4.31. The highest BCUT2D eigenvalue weighted by molar-refractivity contribution is 7.89. The van der Waals surface area contributed by atoms with Gasteiger partial charge in [-0.15, -0.1) is 0 Å².